The number of fused-ring (bicyclic) bond motifs is 3. The first kappa shape index (κ1) is 28.3. The highest BCUT2D eigenvalue weighted by atomic mass is 19.1. The Morgan fingerprint density at radius 1 is 1.05 bits per heavy atom. The summed E-state index contributed by atoms with van der Waals surface area (Å²) in [4.78, 5) is 40.2. The minimum absolute atomic E-state index is 0.0799. The van der Waals surface area contributed by atoms with Crippen molar-refractivity contribution in [2.75, 3.05) is 19.7 Å². The first-order valence-corrected chi connectivity index (χ1v) is 13.7. The molecular weight excluding hydrogens is 536 g/mol. The van der Waals surface area contributed by atoms with E-state index in [1.54, 1.807) is 24.0 Å². The van der Waals surface area contributed by atoms with E-state index >= 15 is 8.78 Å². The van der Waals surface area contributed by atoms with Crippen LogP contribution in [0.15, 0.2) is 47.4 Å². The number of ether oxygens (including phenoxy) is 3. The van der Waals surface area contributed by atoms with E-state index in [4.69, 9.17) is 14.2 Å². The van der Waals surface area contributed by atoms with Crippen LogP contribution in [0.1, 0.15) is 71.9 Å². The fraction of sp³-hybridized carbons (Fsp3) is 0.400. The van der Waals surface area contributed by atoms with E-state index in [1.165, 1.54) is 23.7 Å². The normalized spacial score (nSPS) is 17.1. The third-order valence-corrected chi connectivity index (χ3v) is 7.47. The third-order valence-electron chi connectivity index (χ3n) is 7.47. The van der Waals surface area contributed by atoms with Crippen LogP contribution in [0.5, 0.6) is 5.75 Å². The fourth-order valence-electron chi connectivity index (χ4n) is 5.83. The van der Waals surface area contributed by atoms with Crippen molar-refractivity contribution in [3.8, 4) is 5.75 Å². The Labute approximate surface area is 235 Å². The van der Waals surface area contributed by atoms with Crippen LogP contribution in [0.3, 0.4) is 0 Å². The Balaban J connectivity index is 1.70. The molecule has 11 heteroatoms. The van der Waals surface area contributed by atoms with Crippen molar-refractivity contribution in [1.82, 2.24) is 14.7 Å². The second-order valence-corrected chi connectivity index (χ2v) is 10.0. The molecule has 3 aromatic rings. The van der Waals surface area contributed by atoms with E-state index in [-0.39, 0.29) is 36.2 Å². The Hall–Kier alpha value is -4.28. The zero-order valence-electron chi connectivity index (χ0n) is 23.1. The van der Waals surface area contributed by atoms with E-state index in [1.807, 2.05) is 19.1 Å². The quantitative estimate of drug-likeness (QED) is 0.300. The zero-order valence-corrected chi connectivity index (χ0v) is 23.1. The van der Waals surface area contributed by atoms with Gasteiger partial charge in [0.25, 0.3) is 5.91 Å². The van der Waals surface area contributed by atoms with Crippen molar-refractivity contribution in [1.29, 1.82) is 0 Å². The maximum atomic E-state index is 15.2. The third kappa shape index (κ3) is 5.28. The zero-order chi connectivity index (χ0) is 29.3. The summed E-state index contributed by atoms with van der Waals surface area (Å²) >= 11 is 0. The highest BCUT2D eigenvalue weighted by Gasteiger charge is 2.42. The molecule has 0 bridgehead atoms. The van der Waals surface area contributed by atoms with Gasteiger partial charge in [-0.05, 0) is 60.6 Å². The lowest BCUT2D eigenvalue weighted by molar-refractivity contribution is -0.0533. The standard InChI is InChI=1S/C30H31F2N3O6/c1-4-14-34-16-24(26-20-8-6-10-22(31)18(20)12-13-19-21(26)9-7-11-23(19)32)35-27(29(34)37)28(25(36)15-33-35)40-17(3)41-30(38)39-5-2/h6-11,15,17,24,26H,4-5,12-14,16H2,1-3H3/t17-,24-/m1/s1. The molecule has 1 amide bonds. The van der Waals surface area contributed by atoms with Crippen molar-refractivity contribution in [2.24, 2.45) is 0 Å². The summed E-state index contributed by atoms with van der Waals surface area (Å²) < 4.78 is 47.4. The van der Waals surface area contributed by atoms with Crippen LogP contribution in [0.2, 0.25) is 0 Å². The Morgan fingerprint density at radius 2 is 1.68 bits per heavy atom. The average molecular weight is 568 g/mol. The second-order valence-electron chi connectivity index (χ2n) is 10.0. The molecule has 1 aromatic heterocycles. The van der Waals surface area contributed by atoms with Crippen LogP contribution in [0.25, 0.3) is 0 Å². The summed E-state index contributed by atoms with van der Waals surface area (Å²) in [6.45, 7) is 5.55. The molecule has 0 unspecified atom stereocenters. The number of rotatable bonds is 7. The van der Waals surface area contributed by atoms with Gasteiger partial charge in [0, 0.05) is 25.9 Å². The maximum absolute atomic E-state index is 15.2. The molecule has 2 aromatic carbocycles. The number of amides is 1. The molecule has 5 rings (SSSR count). The van der Waals surface area contributed by atoms with Gasteiger partial charge in [-0.2, -0.15) is 5.10 Å². The van der Waals surface area contributed by atoms with E-state index in [9.17, 15) is 14.4 Å². The van der Waals surface area contributed by atoms with Gasteiger partial charge in [0.2, 0.25) is 17.5 Å². The fourth-order valence-corrected chi connectivity index (χ4v) is 5.83. The summed E-state index contributed by atoms with van der Waals surface area (Å²) in [5.74, 6) is -2.20. The van der Waals surface area contributed by atoms with Gasteiger partial charge in [0.05, 0.1) is 18.8 Å². The topological polar surface area (TPSA) is 100.0 Å². The van der Waals surface area contributed by atoms with Crippen molar-refractivity contribution < 1.29 is 32.6 Å². The number of aromatic nitrogens is 2. The SMILES string of the molecule is CCCN1C[C@H](C2c3cccc(F)c3CCc3c(F)cccc32)n2ncc(=O)c(O[C@@H](C)OC(=O)OCC)c2C1=O. The lowest BCUT2D eigenvalue weighted by Gasteiger charge is -2.40. The maximum Gasteiger partial charge on any atom is 0.511 e. The van der Waals surface area contributed by atoms with Crippen LogP contribution in [0, 0.1) is 11.6 Å². The first-order chi connectivity index (χ1) is 19.7. The highest BCUT2D eigenvalue weighted by molar-refractivity contribution is 5.96. The van der Waals surface area contributed by atoms with Crippen molar-refractivity contribution in [2.45, 2.75) is 58.3 Å². The predicted octanol–water partition coefficient (Wildman–Crippen LogP) is 4.76. The lowest BCUT2D eigenvalue weighted by atomic mass is 9.81. The van der Waals surface area contributed by atoms with Gasteiger partial charge in [-0.3, -0.25) is 14.3 Å². The van der Waals surface area contributed by atoms with Gasteiger partial charge in [0.1, 0.15) is 11.6 Å². The van der Waals surface area contributed by atoms with Gasteiger partial charge in [-0.15, -0.1) is 0 Å². The van der Waals surface area contributed by atoms with Gasteiger partial charge >= 0.3 is 6.16 Å². The number of carbonyl (C=O) groups excluding carboxylic acids is 2. The molecule has 9 nitrogen and oxygen atoms in total. The van der Waals surface area contributed by atoms with E-state index < -0.39 is 35.7 Å². The molecule has 0 fully saturated rings. The van der Waals surface area contributed by atoms with Gasteiger partial charge in [-0.1, -0.05) is 31.2 Å². The molecule has 216 valence electrons. The van der Waals surface area contributed by atoms with Crippen LogP contribution < -0.4 is 10.2 Å². The molecule has 41 heavy (non-hydrogen) atoms. The van der Waals surface area contributed by atoms with E-state index in [0.717, 1.165) is 6.20 Å². The molecule has 1 aliphatic carbocycles. The molecular formula is C30H31F2N3O6. The van der Waals surface area contributed by atoms with Crippen LogP contribution in [-0.4, -0.2) is 52.7 Å². The molecule has 2 aliphatic rings. The number of hydrogen-bond donors (Lipinski definition) is 0. The second kappa shape index (κ2) is 11.7. The summed E-state index contributed by atoms with van der Waals surface area (Å²) in [6.07, 6.45) is 0.0142. The van der Waals surface area contributed by atoms with Crippen molar-refractivity contribution in [3.63, 3.8) is 0 Å². The van der Waals surface area contributed by atoms with Crippen LogP contribution in [0.4, 0.5) is 13.6 Å². The number of benzene rings is 2. The molecule has 0 saturated carbocycles. The smallest absolute Gasteiger partial charge is 0.448 e. The first-order valence-electron chi connectivity index (χ1n) is 13.7. The predicted molar refractivity (Wildman–Crippen MR) is 144 cm³/mol. The monoisotopic (exact) mass is 567 g/mol. The molecule has 0 radical (unpaired) electrons. The minimum Gasteiger partial charge on any atom is -0.448 e. The Kier molecular flexibility index (Phi) is 8.05. The van der Waals surface area contributed by atoms with Crippen molar-refractivity contribution in [3.05, 3.63) is 92.4 Å². The number of nitrogens with zero attached hydrogens (tertiary/aromatic N) is 3. The summed E-state index contributed by atoms with van der Waals surface area (Å²) in [5, 5.41) is 4.36. The largest absolute Gasteiger partial charge is 0.511 e. The number of halogens is 2. The summed E-state index contributed by atoms with van der Waals surface area (Å²) in [7, 11) is 0. The van der Waals surface area contributed by atoms with Crippen LogP contribution >= 0.6 is 0 Å². The molecule has 1 aliphatic heterocycles. The lowest BCUT2D eigenvalue weighted by Crippen LogP contribution is -2.48. The number of carbonyl (C=O) groups is 2. The molecule has 0 saturated heterocycles. The Bertz CT molecular complexity index is 1490. The highest BCUT2D eigenvalue weighted by Crippen LogP contribution is 2.45. The molecule has 0 spiro atoms. The van der Waals surface area contributed by atoms with E-state index in [0.29, 0.717) is 48.1 Å². The molecule has 2 atom stereocenters. The molecule has 2 heterocycles. The Morgan fingerprint density at radius 3 is 2.27 bits per heavy atom. The van der Waals surface area contributed by atoms with Crippen molar-refractivity contribution >= 4 is 12.1 Å². The van der Waals surface area contributed by atoms with Gasteiger partial charge < -0.3 is 19.1 Å². The summed E-state index contributed by atoms with van der Waals surface area (Å²) in [6, 6.07) is 9.00. The average Bonchev–Trinajstić information content (AvgIpc) is 3.10. The summed E-state index contributed by atoms with van der Waals surface area (Å²) in [5.41, 5.74) is 1.47. The van der Waals surface area contributed by atoms with Crippen LogP contribution in [-0.2, 0) is 22.3 Å². The molecule has 0 N–H and O–H groups in total. The number of hydrogen-bond acceptors (Lipinski definition) is 7. The van der Waals surface area contributed by atoms with Gasteiger partial charge in [0.15, 0.2) is 5.69 Å². The minimum atomic E-state index is -1.26. The van der Waals surface area contributed by atoms with E-state index in [2.05, 4.69) is 5.10 Å². The van der Waals surface area contributed by atoms with Gasteiger partial charge in [-0.25, -0.2) is 13.6 Å².